The summed E-state index contributed by atoms with van der Waals surface area (Å²) < 4.78 is 26.4. The number of hydrogen-bond donors (Lipinski definition) is 1. The molecule has 0 unspecified atom stereocenters. The predicted octanol–water partition coefficient (Wildman–Crippen LogP) is 1.71. The fraction of sp³-hybridized carbons (Fsp3) is 0.533. The van der Waals surface area contributed by atoms with Gasteiger partial charge in [-0.1, -0.05) is 13.8 Å². The fourth-order valence-corrected chi connectivity index (χ4v) is 2.66. The van der Waals surface area contributed by atoms with Crippen molar-refractivity contribution in [3.05, 3.63) is 29.8 Å². The highest BCUT2D eigenvalue weighted by Gasteiger charge is 2.20. The summed E-state index contributed by atoms with van der Waals surface area (Å²) >= 11 is 0. The molecule has 0 saturated carbocycles. The number of amides is 1. The molecule has 0 aromatic heterocycles. The molecule has 0 spiro atoms. The highest BCUT2D eigenvalue weighted by atomic mass is 32.2. The number of carbonyl (C=O) groups excluding carboxylic acids is 1. The zero-order valence-electron chi connectivity index (χ0n) is 13.8. The first-order valence-electron chi connectivity index (χ1n) is 7.21. The zero-order valence-corrected chi connectivity index (χ0v) is 14.6. The van der Waals surface area contributed by atoms with Crippen molar-refractivity contribution < 1.29 is 13.2 Å². The van der Waals surface area contributed by atoms with Crippen LogP contribution in [0.1, 0.15) is 30.6 Å². The van der Waals surface area contributed by atoms with Crippen LogP contribution >= 0.6 is 0 Å². The Kier molecular flexibility index (Phi) is 6.37. The molecule has 0 atom stereocenters. The van der Waals surface area contributed by atoms with Gasteiger partial charge in [0.05, 0.1) is 5.69 Å². The van der Waals surface area contributed by atoms with Gasteiger partial charge in [0, 0.05) is 33.3 Å². The minimum absolute atomic E-state index is 0.148. The second-order valence-corrected chi connectivity index (χ2v) is 7.92. The number of carbonyl (C=O) groups is 1. The molecule has 0 heterocycles. The van der Waals surface area contributed by atoms with Crippen molar-refractivity contribution in [3.8, 4) is 0 Å². The molecule has 7 heteroatoms. The normalized spacial score (nSPS) is 11.8. The van der Waals surface area contributed by atoms with E-state index >= 15 is 0 Å². The SMILES string of the molecule is CC(C)CCNC(=O)c1ccc(N(C)S(=O)(=O)N(C)C)cc1. The first kappa shape index (κ1) is 18.4. The van der Waals surface area contributed by atoms with Crippen LogP contribution in [0.25, 0.3) is 0 Å². The average Bonchev–Trinajstić information content (AvgIpc) is 2.45. The summed E-state index contributed by atoms with van der Waals surface area (Å²) in [7, 11) is 0.908. The van der Waals surface area contributed by atoms with Crippen molar-refractivity contribution in [2.45, 2.75) is 20.3 Å². The lowest BCUT2D eigenvalue weighted by atomic mass is 10.1. The van der Waals surface area contributed by atoms with E-state index in [-0.39, 0.29) is 5.91 Å². The van der Waals surface area contributed by atoms with Gasteiger partial charge in [-0.15, -0.1) is 0 Å². The number of anilines is 1. The maximum absolute atomic E-state index is 12.0. The molecule has 1 aromatic carbocycles. The van der Waals surface area contributed by atoms with Crippen LogP contribution in [0.3, 0.4) is 0 Å². The molecule has 0 radical (unpaired) electrons. The molecule has 0 aliphatic carbocycles. The second-order valence-electron chi connectivity index (χ2n) is 5.74. The van der Waals surface area contributed by atoms with Gasteiger partial charge in [0.25, 0.3) is 5.91 Å². The largest absolute Gasteiger partial charge is 0.352 e. The minimum Gasteiger partial charge on any atom is -0.352 e. The maximum atomic E-state index is 12.0. The maximum Gasteiger partial charge on any atom is 0.303 e. The van der Waals surface area contributed by atoms with E-state index in [1.54, 1.807) is 24.3 Å². The molecule has 0 fully saturated rings. The minimum atomic E-state index is -3.52. The highest BCUT2D eigenvalue weighted by Crippen LogP contribution is 2.18. The van der Waals surface area contributed by atoms with Gasteiger partial charge in [-0.3, -0.25) is 9.10 Å². The smallest absolute Gasteiger partial charge is 0.303 e. The van der Waals surface area contributed by atoms with E-state index in [1.807, 2.05) is 0 Å². The number of hydrogen-bond acceptors (Lipinski definition) is 3. The summed E-state index contributed by atoms with van der Waals surface area (Å²) in [5, 5.41) is 2.85. The van der Waals surface area contributed by atoms with Crippen molar-refractivity contribution in [1.29, 1.82) is 0 Å². The van der Waals surface area contributed by atoms with E-state index in [9.17, 15) is 13.2 Å². The van der Waals surface area contributed by atoms with E-state index in [4.69, 9.17) is 0 Å². The van der Waals surface area contributed by atoms with Gasteiger partial charge in [-0.25, -0.2) is 0 Å². The van der Waals surface area contributed by atoms with E-state index in [0.29, 0.717) is 23.7 Å². The Hall–Kier alpha value is -1.60. The van der Waals surface area contributed by atoms with Gasteiger partial charge < -0.3 is 5.32 Å². The predicted molar refractivity (Wildman–Crippen MR) is 89.2 cm³/mol. The van der Waals surface area contributed by atoms with Gasteiger partial charge in [0.1, 0.15) is 0 Å². The Labute approximate surface area is 133 Å². The van der Waals surface area contributed by atoms with Crippen molar-refractivity contribution in [2.24, 2.45) is 5.92 Å². The Balaban J connectivity index is 2.76. The summed E-state index contributed by atoms with van der Waals surface area (Å²) in [5.41, 5.74) is 1.02. The molecule has 0 aliphatic heterocycles. The van der Waals surface area contributed by atoms with Crippen LogP contribution in [-0.4, -0.2) is 46.3 Å². The first-order valence-corrected chi connectivity index (χ1v) is 8.60. The van der Waals surface area contributed by atoms with Gasteiger partial charge in [0.2, 0.25) is 0 Å². The standard InChI is InChI=1S/C15H25N3O3S/c1-12(2)10-11-16-15(19)13-6-8-14(9-7-13)18(5)22(20,21)17(3)4/h6-9,12H,10-11H2,1-5H3,(H,16,19). The fourth-order valence-electron chi connectivity index (χ4n) is 1.78. The van der Waals surface area contributed by atoms with E-state index in [0.717, 1.165) is 10.7 Å². The average molecular weight is 327 g/mol. The number of rotatable bonds is 7. The Morgan fingerprint density at radius 1 is 1.14 bits per heavy atom. The van der Waals surface area contributed by atoms with Crippen LogP contribution in [0.2, 0.25) is 0 Å². The molecule has 124 valence electrons. The molecular formula is C15H25N3O3S. The molecule has 1 rings (SSSR count). The molecule has 6 nitrogen and oxygen atoms in total. The van der Waals surface area contributed by atoms with Gasteiger partial charge in [-0.2, -0.15) is 12.7 Å². The Morgan fingerprint density at radius 3 is 2.14 bits per heavy atom. The summed E-state index contributed by atoms with van der Waals surface area (Å²) in [6.07, 6.45) is 0.924. The lowest BCUT2D eigenvalue weighted by Crippen LogP contribution is -2.37. The number of benzene rings is 1. The Bertz CT molecular complexity index is 595. The molecule has 0 bridgehead atoms. The number of nitrogens with one attached hydrogen (secondary N) is 1. The van der Waals surface area contributed by atoms with Crippen LogP contribution in [0.15, 0.2) is 24.3 Å². The van der Waals surface area contributed by atoms with Crippen molar-refractivity contribution in [2.75, 3.05) is 32.0 Å². The van der Waals surface area contributed by atoms with Crippen LogP contribution in [-0.2, 0) is 10.2 Å². The highest BCUT2D eigenvalue weighted by molar-refractivity contribution is 7.90. The first-order chi connectivity index (χ1) is 10.2. The third kappa shape index (κ3) is 4.71. The second kappa shape index (κ2) is 7.60. The van der Waals surface area contributed by atoms with E-state index in [2.05, 4.69) is 19.2 Å². The molecule has 0 saturated heterocycles. The third-order valence-corrected chi connectivity index (χ3v) is 5.13. The van der Waals surface area contributed by atoms with Crippen LogP contribution in [0.4, 0.5) is 5.69 Å². The van der Waals surface area contributed by atoms with Gasteiger partial charge in [0.15, 0.2) is 0 Å². The van der Waals surface area contributed by atoms with E-state index < -0.39 is 10.2 Å². The summed E-state index contributed by atoms with van der Waals surface area (Å²) in [6, 6.07) is 6.50. The molecular weight excluding hydrogens is 302 g/mol. The van der Waals surface area contributed by atoms with Crippen molar-refractivity contribution in [3.63, 3.8) is 0 Å². The van der Waals surface area contributed by atoms with Crippen molar-refractivity contribution >= 4 is 21.8 Å². The summed E-state index contributed by atoms with van der Waals surface area (Å²) in [6.45, 7) is 4.83. The topological polar surface area (TPSA) is 69.7 Å². The van der Waals surface area contributed by atoms with Crippen LogP contribution < -0.4 is 9.62 Å². The molecule has 1 amide bonds. The Morgan fingerprint density at radius 2 is 1.68 bits per heavy atom. The quantitative estimate of drug-likeness (QED) is 0.829. The third-order valence-electron chi connectivity index (χ3n) is 3.31. The molecule has 1 aromatic rings. The van der Waals surface area contributed by atoms with Crippen molar-refractivity contribution in [1.82, 2.24) is 9.62 Å². The lowest BCUT2D eigenvalue weighted by Gasteiger charge is -2.23. The van der Waals surface area contributed by atoms with E-state index in [1.165, 1.54) is 25.4 Å². The summed E-state index contributed by atoms with van der Waals surface area (Å²) in [5.74, 6) is 0.387. The monoisotopic (exact) mass is 327 g/mol. The molecule has 1 N–H and O–H groups in total. The van der Waals surface area contributed by atoms with Crippen LogP contribution in [0, 0.1) is 5.92 Å². The molecule has 22 heavy (non-hydrogen) atoms. The summed E-state index contributed by atoms with van der Waals surface area (Å²) in [4.78, 5) is 12.0. The van der Waals surface area contributed by atoms with Crippen LogP contribution in [0.5, 0.6) is 0 Å². The zero-order chi connectivity index (χ0) is 16.9. The molecule has 0 aliphatic rings. The van der Waals surface area contributed by atoms with Gasteiger partial charge in [-0.05, 0) is 36.6 Å². The van der Waals surface area contributed by atoms with Gasteiger partial charge >= 0.3 is 10.2 Å². The number of nitrogens with zero attached hydrogens (tertiary/aromatic N) is 2. The lowest BCUT2D eigenvalue weighted by molar-refractivity contribution is 0.0952.